The molecule has 0 aliphatic carbocycles. The maximum atomic E-state index is 11.0. The van der Waals surface area contributed by atoms with Gasteiger partial charge in [-0.3, -0.25) is 9.69 Å². The predicted molar refractivity (Wildman–Crippen MR) is 59.3 cm³/mol. The first-order valence-electron chi connectivity index (χ1n) is 5.23. The number of primary amides is 1. The Kier molecular flexibility index (Phi) is 2.49. The van der Waals surface area contributed by atoms with Gasteiger partial charge in [0.05, 0.1) is 0 Å². The first-order chi connectivity index (χ1) is 7.08. The Labute approximate surface area is 89.9 Å². The number of nitrogens with zero attached hydrogens (tertiary/aromatic N) is 1. The molecule has 1 aromatic rings. The second kappa shape index (κ2) is 3.66. The van der Waals surface area contributed by atoms with E-state index >= 15 is 0 Å². The first kappa shape index (κ1) is 10.2. The lowest BCUT2D eigenvalue weighted by Gasteiger charge is -2.18. The number of carbonyl (C=O) groups is 1. The van der Waals surface area contributed by atoms with Crippen LogP contribution in [0, 0.1) is 0 Å². The van der Waals surface area contributed by atoms with E-state index < -0.39 is 0 Å². The summed E-state index contributed by atoms with van der Waals surface area (Å²) in [6.07, 6.45) is 0. The number of amides is 1. The van der Waals surface area contributed by atoms with Gasteiger partial charge < -0.3 is 5.73 Å². The second-order valence-electron chi connectivity index (χ2n) is 4.35. The topological polar surface area (TPSA) is 46.3 Å². The Morgan fingerprint density at radius 3 is 2.60 bits per heavy atom. The molecule has 1 heterocycles. The smallest absolute Gasteiger partial charge is 0.248 e. The van der Waals surface area contributed by atoms with Crippen molar-refractivity contribution in [3.8, 4) is 0 Å². The minimum Gasteiger partial charge on any atom is -0.366 e. The van der Waals surface area contributed by atoms with Crippen LogP contribution in [0.15, 0.2) is 18.2 Å². The van der Waals surface area contributed by atoms with E-state index in [2.05, 4.69) is 18.7 Å². The zero-order valence-electron chi connectivity index (χ0n) is 9.16. The van der Waals surface area contributed by atoms with Crippen LogP contribution in [-0.2, 0) is 13.1 Å². The normalized spacial score (nSPS) is 15.7. The lowest BCUT2D eigenvalue weighted by molar-refractivity contribution is 0.1000. The molecule has 1 aromatic carbocycles. The molecule has 0 radical (unpaired) electrons. The molecular formula is C12H16N2O. The van der Waals surface area contributed by atoms with Crippen LogP contribution >= 0.6 is 0 Å². The molecule has 3 nitrogen and oxygen atoms in total. The van der Waals surface area contributed by atoms with Gasteiger partial charge in [0.2, 0.25) is 5.91 Å². The van der Waals surface area contributed by atoms with Crippen molar-refractivity contribution in [3.05, 3.63) is 34.9 Å². The molecule has 2 rings (SSSR count). The van der Waals surface area contributed by atoms with Gasteiger partial charge in [-0.25, -0.2) is 0 Å². The number of nitrogens with two attached hydrogens (primary N) is 1. The lowest BCUT2D eigenvalue weighted by Crippen LogP contribution is -2.24. The van der Waals surface area contributed by atoms with Crippen molar-refractivity contribution in [2.45, 2.75) is 33.0 Å². The highest BCUT2D eigenvalue weighted by molar-refractivity contribution is 5.93. The Bertz CT molecular complexity index is 399. The molecule has 0 fully saturated rings. The van der Waals surface area contributed by atoms with Crippen LogP contribution in [0.4, 0.5) is 0 Å². The van der Waals surface area contributed by atoms with Gasteiger partial charge in [-0.15, -0.1) is 0 Å². The summed E-state index contributed by atoms with van der Waals surface area (Å²) in [6.45, 7) is 6.27. The van der Waals surface area contributed by atoms with Crippen LogP contribution in [0.3, 0.4) is 0 Å². The fourth-order valence-corrected chi connectivity index (χ4v) is 1.94. The van der Waals surface area contributed by atoms with E-state index in [1.807, 2.05) is 18.2 Å². The second-order valence-corrected chi connectivity index (χ2v) is 4.35. The highest BCUT2D eigenvalue weighted by atomic mass is 16.1. The van der Waals surface area contributed by atoms with E-state index in [1.165, 1.54) is 11.1 Å². The number of rotatable bonds is 2. The average molecular weight is 204 g/mol. The third kappa shape index (κ3) is 1.88. The standard InChI is InChI=1S/C12H16N2O/c1-8(2)14-6-10-4-3-9(12(13)15)5-11(10)7-14/h3-5,8H,6-7H2,1-2H3,(H2,13,15). The summed E-state index contributed by atoms with van der Waals surface area (Å²) in [7, 11) is 0. The Hall–Kier alpha value is -1.35. The van der Waals surface area contributed by atoms with Crippen molar-refractivity contribution in [1.82, 2.24) is 4.90 Å². The third-order valence-corrected chi connectivity index (χ3v) is 2.97. The summed E-state index contributed by atoms with van der Waals surface area (Å²) < 4.78 is 0. The van der Waals surface area contributed by atoms with Crippen LogP contribution in [0.1, 0.15) is 35.3 Å². The Morgan fingerprint density at radius 2 is 2.00 bits per heavy atom. The van der Waals surface area contributed by atoms with E-state index in [0.29, 0.717) is 11.6 Å². The van der Waals surface area contributed by atoms with E-state index in [9.17, 15) is 4.79 Å². The van der Waals surface area contributed by atoms with Crippen molar-refractivity contribution in [2.24, 2.45) is 5.73 Å². The molecule has 0 aromatic heterocycles. The zero-order chi connectivity index (χ0) is 11.0. The minimum atomic E-state index is -0.346. The van der Waals surface area contributed by atoms with Gasteiger partial charge in [0.15, 0.2) is 0 Å². The molecule has 2 N–H and O–H groups in total. The summed E-state index contributed by atoms with van der Waals surface area (Å²) in [5.41, 5.74) is 8.41. The lowest BCUT2D eigenvalue weighted by atomic mass is 10.1. The quantitative estimate of drug-likeness (QED) is 0.793. The Balaban J connectivity index is 2.27. The molecule has 0 saturated carbocycles. The Morgan fingerprint density at radius 1 is 1.33 bits per heavy atom. The van der Waals surface area contributed by atoms with Gasteiger partial charge >= 0.3 is 0 Å². The fraction of sp³-hybridized carbons (Fsp3) is 0.417. The van der Waals surface area contributed by atoms with Gasteiger partial charge in [-0.2, -0.15) is 0 Å². The van der Waals surface area contributed by atoms with Crippen molar-refractivity contribution >= 4 is 5.91 Å². The summed E-state index contributed by atoms with van der Waals surface area (Å²) in [4.78, 5) is 13.4. The molecule has 80 valence electrons. The minimum absolute atomic E-state index is 0.346. The highest BCUT2D eigenvalue weighted by Crippen LogP contribution is 2.25. The predicted octanol–water partition coefficient (Wildman–Crippen LogP) is 1.51. The maximum absolute atomic E-state index is 11.0. The molecular weight excluding hydrogens is 188 g/mol. The molecule has 0 spiro atoms. The summed E-state index contributed by atoms with van der Waals surface area (Å²) in [6, 6.07) is 6.28. The van der Waals surface area contributed by atoms with Crippen LogP contribution in [0.2, 0.25) is 0 Å². The number of carbonyl (C=O) groups excluding carboxylic acids is 1. The van der Waals surface area contributed by atoms with Gasteiger partial charge in [-0.05, 0) is 37.1 Å². The highest BCUT2D eigenvalue weighted by Gasteiger charge is 2.21. The summed E-state index contributed by atoms with van der Waals surface area (Å²) >= 11 is 0. The number of fused-ring (bicyclic) bond motifs is 1. The van der Waals surface area contributed by atoms with E-state index in [0.717, 1.165) is 13.1 Å². The molecule has 1 aliphatic heterocycles. The fourth-order valence-electron chi connectivity index (χ4n) is 1.94. The summed E-state index contributed by atoms with van der Waals surface area (Å²) in [5.74, 6) is -0.346. The van der Waals surface area contributed by atoms with E-state index in [4.69, 9.17) is 5.73 Å². The number of hydrogen-bond acceptors (Lipinski definition) is 2. The molecule has 15 heavy (non-hydrogen) atoms. The van der Waals surface area contributed by atoms with Crippen molar-refractivity contribution in [2.75, 3.05) is 0 Å². The summed E-state index contributed by atoms with van der Waals surface area (Å²) in [5, 5.41) is 0. The van der Waals surface area contributed by atoms with Crippen molar-refractivity contribution < 1.29 is 4.79 Å². The average Bonchev–Trinajstić information content (AvgIpc) is 2.59. The maximum Gasteiger partial charge on any atom is 0.248 e. The van der Waals surface area contributed by atoms with Gasteiger partial charge in [0, 0.05) is 24.7 Å². The molecule has 1 amide bonds. The van der Waals surface area contributed by atoms with Gasteiger partial charge in [0.25, 0.3) is 0 Å². The SMILES string of the molecule is CC(C)N1Cc2ccc(C(N)=O)cc2C1. The molecule has 0 saturated heterocycles. The van der Waals surface area contributed by atoms with Crippen LogP contribution in [0.25, 0.3) is 0 Å². The van der Waals surface area contributed by atoms with Gasteiger partial charge in [0.1, 0.15) is 0 Å². The number of benzene rings is 1. The monoisotopic (exact) mass is 204 g/mol. The van der Waals surface area contributed by atoms with Crippen LogP contribution in [-0.4, -0.2) is 16.8 Å². The third-order valence-electron chi connectivity index (χ3n) is 2.97. The van der Waals surface area contributed by atoms with Crippen molar-refractivity contribution in [1.29, 1.82) is 0 Å². The van der Waals surface area contributed by atoms with Crippen LogP contribution in [0.5, 0.6) is 0 Å². The number of hydrogen-bond donors (Lipinski definition) is 1. The van der Waals surface area contributed by atoms with E-state index in [1.54, 1.807) is 0 Å². The van der Waals surface area contributed by atoms with Crippen molar-refractivity contribution in [3.63, 3.8) is 0 Å². The van der Waals surface area contributed by atoms with Crippen LogP contribution < -0.4 is 5.73 Å². The zero-order valence-corrected chi connectivity index (χ0v) is 9.16. The van der Waals surface area contributed by atoms with E-state index in [-0.39, 0.29) is 5.91 Å². The largest absolute Gasteiger partial charge is 0.366 e. The molecule has 0 bridgehead atoms. The first-order valence-corrected chi connectivity index (χ1v) is 5.23. The molecule has 0 atom stereocenters. The molecule has 0 unspecified atom stereocenters. The van der Waals surface area contributed by atoms with Gasteiger partial charge in [-0.1, -0.05) is 6.07 Å². The molecule has 1 aliphatic rings. The molecule has 3 heteroatoms.